The van der Waals surface area contributed by atoms with Gasteiger partial charge in [0.15, 0.2) is 5.82 Å². The van der Waals surface area contributed by atoms with Crippen molar-refractivity contribution in [3.05, 3.63) is 30.1 Å². The van der Waals surface area contributed by atoms with Crippen LogP contribution in [0.3, 0.4) is 0 Å². The standard InChI is InChI=1S/C19H24N4O4/c1-25-19(24)23-8-6-14(7-9-23)17-20-18(27-21-17)15-2-4-16(5-3-15)22-10-12-26-13-11-22/h2-5,14H,6-13H2,1H3. The number of nitrogens with zero attached hydrogens (tertiary/aromatic N) is 4. The van der Waals surface area contributed by atoms with Crippen molar-refractivity contribution in [3.63, 3.8) is 0 Å². The molecule has 0 aliphatic carbocycles. The second-order valence-electron chi connectivity index (χ2n) is 6.84. The Hall–Kier alpha value is -2.61. The lowest BCUT2D eigenvalue weighted by Crippen LogP contribution is -2.37. The first-order valence-electron chi connectivity index (χ1n) is 9.34. The third kappa shape index (κ3) is 3.90. The van der Waals surface area contributed by atoms with Gasteiger partial charge < -0.3 is 23.8 Å². The summed E-state index contributed by atoms with van der Waals surface area (Å²) in [5.74, 6) is 1.46. The van der Waals surface area contributed by atoms with Gasteiger partial charge in [-0.05, 0) is 37.1 Å². The molecule has 1 aromatic heterocycles. The normalized spacial score (nSPS) is 18.6. The fraction of sp³-hybridized carbons (Fsp3) is 0.526. The van der Waals surface area contributed by atoms with Crippen LogP contribution in [0.25, 0.3) is 11.5 Å². The molecule has 1 aromatic carbocycles. The highest BCUT2D eigenvalue weighted by atomic mass is 16.5. The molecule has 144 valence electrons. The second kappa shape index (κ2) is 7.96. The molecule has 2 aromatic rings. The zero-order chi connectivity index (χ0) is 18.6. The molecule has 3 heterocycles. The van der Waals surface area contributed by atoms with Crippen molar-refractivity contribution >= 4 is 11.8 Å². The van der Waals surface area contributed by atoms with E-state index < -0.39 is 0 Å². The molecule has 1 amide bonds. The molecule has 0 radical (unpaired) electrons. The van der Waals surface area contributed by atoms with Crippen molar-refractivity contribution in [2.24, 2.45) is 0 Å². The van der Waals surface area contributed by atoms with Crippen LogP contribution in [0, 0.1) is 0 Å². The highest BCUT2D eigenvalue weighted by molar-refractivity contribution is 5.67. The van der Waals surface area contributed by atoms with E-state index in [9.17, 15) is 4.79 Å². The number of aromatic nitrogens is 2. The van der Waals surface area contributed by atoms with E-state index in [0.717, 1.165) is 44.7 Å². The Kier molecular flexibility index (Phi) is 5.24. The molecule has 0 bridgehead atoms. The quantitative estimate of drug-likeness (QED) is 0.819. The van der Waals surface area contributed by atoms with E-state index in [1.807, 2.05) is 12.1 Å². The monoisotopic (exact) mass is 372 g/mol. The lowest BCUT2D eigenvalue weighted by molar-refractivity contribution is 0.111. The van der Waals surface area contributed by atoms with Gasteiger partial charge in [0.25, 0.3) is 5.89 Å². The Morgan fingerprint density at radius 2 is 1.81 bits per heavy atom. The number of rotatable bonds is 3. The summed E-state index contributed by atoms with van der Waals surface area (Å²) in [6, 6.07) is 8.20. The number of carbonyl (C=O) groups excluding carboxylic acids is 1. The van der Waals surface area contributed by atoms with Gasteiger partial charge in [0.05, 0.1) is 20.3 Å². The van der Waals surface area contributed by atoms with Crippen molar-refractivity contribution in [1.29, 1.82) is 0 Å². The summed E-state index contributed by atoms with van der Waals surface area (Å²) < 4.78 is 15.7. The van der Waals surface area contributed by atoms with E-state index >= 15 is 0 Å². The minimum absolute atomic E-state index is 0.205. The number of methoxy groups -OCH3 is 1. The number of morpholine rings is 1. The van der Waals surface area contributed by atoms with Gasteiger partial charge in [0.2, 0.25) is 0 Å². The number of hydrogen-bond acceptors (Lipinski definition) is 7. The molecule has 0 N–H and O–H groups in total. The smallest absolute Gasteiger partial charge is 0.409 e. The molecule has 4 rings (SSSR count). The number of piperidine rings is 1. The molecule has 0 saturated carbocycles. The maximum absolute atomic E-state index is 11.6. The molecule has 2 fully saturated rings. The Balaban J connectivity index is 1.40. The molecule has 2 saturated heterocycles. The number of likely N-dealkylation sites (tertiary alicyclic amines) is 1. The fourth-order valence-corrected chi connectivity index (χ4v) is 3.60. The molecule has 0 spiro atoms. The second-order valence-corrected chi connectivity index (χ2v) is 6.84. The Morgan fingerprint density at radius 1 is 1.11 bits per heavy atom. The Labute approximate surface area is 158 Å². The van der Waals surface area contributed by atoms with Gasteiger partial charge in [0.1, 0.15) is 0 Å². The molecule has 2 aliphatic heterocycles. The number of hydrogen-bond donors (Lipinski definition) is 0. The van der Waals surface area contributed by atoms with E-state index in [-0.39, 0.29) is 12.0 Å². The maximum atomic E-state index is 11.6. The van der Waals surface area contributed by atoms with E-state index in [1.54, 1.807) is 4.90 Å². The summed E-state index contributed by atoms with van der Waals surface area (Å²) in [5.41, 5.74) is 2.09. The van der Waals surface area contributed by atoms with Crippen LogP contribution in [-0.2, 0) is 9.47 Å². The number of anilines is 1. The van der Waals surface area contributed by atoms with Crippen molar-refractivity contribution < 1.29 is 18.8 Å². The highest BCUT2D eigenvalue weighted by Gasteiger charge is 2.27. The minimum Gasteiger partial charge on any atom is -0.453 e. The number of amides is 1. The SMILES string of the molecule is COC(=O)N1CCC(c2noc(-c3ccc(N4CCOCC4)cc3)n2)CC1. The predicted molar refractivity (Wildman–Crippen MR) is 98.7 cm³/mol. The van der Waals surface area contributed by atoms with Gasteiger partial charge in [-0.2, -0.15) is 4.98 Å². The van der Waals surface area contributed by atoms with E-state index in [2.05, 4.69) is 27.2 Å². The van der Waals surface area contributed by atoms with Gasteiger partial charge in [-0.1, -0.05) is 5.16 Å². The highest BCUT2D eigenvalue weighted by Crippen LogP contribution is 2.29. The summed E-state index contributed by atoms with van der Waals surface area (Å²) >= 11 is 0. The average molecular weight is 372 g/mol. The molecular weight excluding hydrogens is 348 g/mol. The van der Waals surface area contributed by atoms with Crippen LogP contribution in [0.1, 0.15) is 24.6 Å². The van der Waals surface area contributed by atoms with Crippen LogP contribution in [0.15, 0.2) is 28.8 Å². The summed E-state index contributed by atoms with van der Waals surface area (Å²) in [4.78, 5) is 20.2. The van der Waals surface area contributed by atoms with Crippen molar-refractivity contribution in [2.45, 2.75) is 18.8 Å². The van der Waals surface area contributed by atoms with Gasteiger partial charge in [-0.3, -0.25) is 0 Å². The van der Waals surface area contributed by atoms with Crippen LogP contribution in [-0.4, -0.2) is 67.6 Å². The van der Waals surface area contributed by atoms with Crippen molar-refractivity contribution in [1.82, 2.24) is 15.0 Å². The first-order valence-corrected chi connectivity index (χ1v) is 9.34. The van der Waals surface area contributed by atoms with Crippen LogP contribution in [0.4, 0.5) is 10.5 Å². The fourth-order valence-electron chi connectivity index (χ4n) is 3.60. The van der Waals surface area contributed by atoms with E-state index in [1.165, 1.54) is 12.8 Å². The van der Waals surface area contributed by atoms with Crippen LogP contribution >= 0.6 is 0 Å². The zero-order valence-electron chi connectivity index (χ0n) is 15.5. The average Bonchev–Trinajstić information content (AvgIpc) is 3.24. The summed E-state index contributed by atoms with van der Waals surface area (Å²) in [6.45, 7) is 4.65. The third-order valence-electron chi connectivity index (χ3n) is 5.23. The van der Waals surface area contributed by atoms with E-state index in [4.69, 9.17) is 14.0 Å². The topological polar surface area (TPSA) is 80.9 Å². The van der Waals surface area contributed by atoms with Gasteiger partial charge in [-0.25, -0.2) is 4.79 Å². The van der Waals surface area contributed by atoms with Gasteiger partial charge in [-0.15, -0.1) is 0 Å². The number of benzene rings is 1. The van der Waals surface area contributed by atoms with Crippen LogP contribution in [0.2, 0.25) is 0 Å². The lowest BCUT2D eigenvalue weighted by atomic mass is 9.96. The molecule has 27 heavy (non-hydrogen) atoms. The first-order chi connectivity index (χ1) is 13.2. The molecule has 8 heteroatoms. The lowest BCUT2D eigenvalue weighted by Gasteiger charge is -2.29. The van der Waals surface area contributed by atoms with Crippen LogP contribution < -0.4 is 4.90 Å². The van der Waals surface area contributed by atoms with Crippen molar-refractivity contribution in [2.75, 3.05) is 51.4 Å². The van der Waals surface area contributed by atoms with Gasteiger partial charge >= 0.3 is 6.09 Å². The molecule has 0 atom stereocenters. The largest absolute Gasteiger partial charge is 0.453 e. The molecule has 8 nitrogen and oxygen atoms in total. The zero-order valence-corrected chi connectivity index (χ0v) is 15.5. The predicted octanol–water partition coefficient (Wildman–Crippen LogP) is 2.52. The van der Waals surface area contributed by atoms with Gasteiger partial charge in [0, 0.05) is 43.3 Å². The number of ether oxygens (including phenoxy) is 2. The summed E-state index contributed by atoms with van der Waals surface area (Å²) in [7, 11) is 1.41. The van der Waals surface area contributed by atoms with E-state index in [0.29, 0.717) is 24.8 Å². The minimum atomic E-state index is -0.275. The first kappa shape index (κ1) is 17.8. The number of carbonyl (C=O) groups is 1. The Bertz CT molecular complexity index is 762. The molecular formula is C19H24N4O4. The van der Waals surface area contributed by atoms with Crippen LogP contribution in [0.5, 0.6) is 0 Å². The van der Waals surface area contributed by atoms with Crippen molar-refractivity contribution in [3.8, 4) is 11.5 Å². The Morgan fingerprint density at radius 3 is 2.48 bits per heavy atom. The molecule has 0 unspecified atom stereocenters. The maximum Gasteiger partial charge on any atom is 0.409 e. The summed E-state index contributed by atoms with van der Waals surface area (Å²) in [5, 5.41) is 4.17. The molecule has 2 aliphatic rings. The summed E-state index contributed by atoms with van der Waals surface area (Å²) in [6.07, 6.45) is 1.34. The third-order valence-corrected chi connectivity index (χ3v) is 5.23.